The number of amides is 1. The fraction of sp³-hybridized carbons (Fsp3) is 0.222. The summed E-state index contributed by atoms with van der Waals surface area (Å²) in [5.74, 6) is -0.336. The number of rotatable bonds is 9. The number of nitro groups is 2. The van der Waals surface area contributed by atoms with Crippen molar-refractivity contribution in [2.75, 3.05) is 13.2 Å². The number of ether oxygens (including phenoxy) is 2. The van der Waals surface area contributed by atoms with Crippen LogP contribution in [0.2, 0.25) is 0 Å². The third-order valence-corrected chi connectivity index (χ3v) is 3.58. The number of hydrogen-bond donors (Lipinski definition) is 1. The van der Waals surface area contributed by atoms with Gasteiger partial charge in [0.25, 0.3) is 11.6 Å². The maximum atomic E-state index is 12.1. The van der Waals surface area contributed by atoms with Gasteiger partial charge in [0.05, 0.1) is 29.3 Å². The van der Waals surface area contributed by atoms with Gasteiger partial charge in [0, 0.05) is 35.4 Å². The average Bonchev–Trinajstić information content (AvgIpc) is 2.69. The highest BCUT2D eigenvalue weighted by atomic mass is 16.6. The molecule has 0 aliphatic rings. The zero-order valence-corrected chi connectivity index (χ0v) is 15.7. The molecule has 1 amide bonds. The van der Waals surface area contributed by atoms with Crippen molar-refractivity contribution in [3.63, 3.8) is 0 Å². The smallest absolute Gasteiger partial charge is 0.311 e. The van der Waals surface area contributed by atoms with Crippen LogP contribution in [0.25, 0.3) is 0 Å². The number of nitrogens with zero attached hydrogens (tertiary/aromatic N) is 3. The van der Waals surface area contributed by atoms with E-state index < -0.39 is 15.8 Å². The zero-order chi connectivity index (χ0) is 21.4. The highest BCUT2D eigenvalue weighted by molar-refractivity contribution is 5.95. The van der Waals surface area contributed by atoms with Crippen LogP contribution in [-0.2, 0) is 0 Å². The van der Waals surface area contributed by atoms with Crippen molar-refractivity contribution in [1.82, 2.24) is 5.43 Å². The monoisotopic (exact) mass is 402 g/mol. The first-order valence-electron chi connectivity index (χ1n) is 8.53. The van der Waals surface area contributed by atoms with Gasteiger partial charge in [-0.1, -0.05) is 6.07 Å². The lowest BCUT2D eigenvalue weighted by Gasteiger charge is -2.10. The van der Waals surface area contributed by atoms with Gasteiger partial charge in [-0.25, -0.2) is 5.43 Å². The Balaban J connectivity index is 2.27. The Morgan fingerprint density at radius 2 is 1.76 bits per heavy atom. The summed E-state index contributed by atoms with van der Waals surface area (Å²) < 4.78 is 10.7. The first-order chi connectivity index (χ1) is 13.9. The second-order valence-electron chi connectivity index (χ2n) is 5.49. The largest absolute Gasteiger partial charge is 0.493 e. The van der Waals surface area contributed by atoms with E-state index in [4.69, 9.17) is 9.47 Å². The molecular formula is C18H18N4O7. The van der Waals surface area contributed by atoms with E-state index >= 15 is 0 Å². The number of non-ortho nitro benzene ring substituents is 1. The topological polar surface area (TPSA) is 146 Å². The molecule has 2 aromatic carbocycles. The van der Waals surface area contributed by atoms with E-state index in [1.54, 1.807) is 13.8 Å². The fourth-order valence-corrected chi connectivity index (χ4v) is 2.35. The number of carbonyl (C=O) groups is 1. The van der Waals surface area contributed by atoms with Crippen molar-refractivity contribution in [2.24, 2.45) is 5.10 Å². The summed E-state index contributed by atoms with van der Waals surface area (Å²) in [6, 6.07) is 7.74. The van der Waals surface area contributed by atoms with Crippen molar-refractivity contribution in [1.29, 1.82) is 0 Å². The van der Waals surface area contributed by atoms with E-state index in [0.29, 0.717) is 6.61 Å². The quantitative estimate of drug-likeness (QED) is 0.385. The molecule has 0 aliphatic heterocycles. The molecule has 0 unspecified atom stereocenters. The van der Waals surface area contributed by atoms with E-state index in [9.17, 15) is 25.0 Å². The van der Waals surface area contributed by atoms with Gasteiger partial charge >= 0.3 is 5.69 Å². The number of benzene rings is 2. The van der Waals surface area contributed by atoms with Gasteiger partial charge in [-0.05, 0) is 19.9 Å². The van der Waals surface area contributed by atoms with Crippen LogP contribution in [0.15, 0.2) is 41.5 Å². The predicted molar refractivity (Wildman–Crippen MR) is 104 cm³/mol. The Hall–Kier alpha value is -4.02. The van der Waals surface area contributed by atoms with Crippen molar-refractivity contribution in [2.45, 2.75) is 13.8 Å². The zero-order valence-electron chi connectivity index (χ0n) is 15.7. The normalized spacial score (nSPS) is 10.6. The molecule has 0 atom stereocenters. The molecule has 11 heteroatoms. The van der Waals surface area contributed by atoms with E-state index in [0.717, 1.165) is 6.07 Å². The second kappa shape index (κ2) is 9.78. The highest BCUT2D eigenvalue weighted by Gasteiger charge is 2.20. The van der Waals surface area contributed by atoms with Crippen molar-refractivity contribution in [3.05, 3.63) is 67.8 Å². The Morgan fingerprint density at radius 1 is 1.07 bits per heavy atom. The van der Waals surface area contributed by atoms with Gasteiger partial charge in [-0.3, -0.25) is 25.0 Å². The molecule has 0 aliphatic carbocycles. The van der Waals surface area contributed by atoms with Crippen LogP contribution in [0.1, 0.15) is 29.8 Å². The number of carbonyl (C=O) groups excluding carboxylic acids is 1. The summed E-state index contributed by atoms with van der Waals surface area (Å²) in [5.41, 5.74) is 2.00. The lowest BCUT2D eigenvalue weighted by molar-refractivity contribution is -0.385. The summed E-state index contributed by atoms with van der Waals surface area (Å²) in [7, 11) is 0. The maximum absolute atomic E-state index is 12.1. The second-order valence-corrected chi connectivity index (χ2v) is 5.49. The molecule has 0 fully saturated rings. The van der Waals surface area contributed by atoms with Crippen LogP contribution in [0, 0.1) is 20.2 Å². The number of nitro benzene ring substituents is 2. The number of nitrogens with one attached hydrogen (secondary N) is 1. The molecule has 1 N–H and O–H groups in total. The van der Waals surface area contributed by atoms with Gasteiger partial charge in [-0.15, -0.1) is 0 Å². The van der Waals surface area contributed by atoms with Gasteiger partial charge in [0.2, 0.25) is 5.75 Å². The molecule has 0 bridgehead atoms. The van der Waals surface area contributed by atoms with Gasteiger partial charge in [-0.2, -0.15) is 5.10 Å². The molecule has 2 aromatic rings. The third kappa shape index (κ3) is 5.48. The van der Waals surface area contributed by atoms with Gasteiger partial charge < -0.3 is 9.47 Å². The first-order valence-corrected chi connectivity index (χ1v) is 8.53. The minimum atomic E-state index is -0.677. The molecule has 0 heterocycles. The molecule has 11 nitrogen and oxygen atoms in total. The molecule has 29 heavy (non-hydrogen) atoms. The minimum Gasteiger partial charge on any atom is -0.493 e. The Bertz CT molecular complexity index is 959. The molecule has 152 valence electrons. The van der Waals surface area contributed by atoms with Crippen molar-refractivity contribution in [3.8, 4) is 11.5 Å². The van der Waals surface area contributed by atoms with Crippen LogP contribution < -0.4 is 14.9 Å². The summed E-state index contributed by atoms with van der Waals surface area (Å²) in [4.78, 5) is 33.0. The van der Waals surface area contributed by atoms with Gasteiger partial charge in [0.1, 0.15) is 5.75 Å². The van der Waals surface area contributed by atoms with Crippen LogP contribution in [-0.4, -0.2) is 35.2 Å². The lowest BCUT2D eigenvalue weighted by Crippen LogP contribution is -2.17. The first kappa shape index (κ1) is 21.3. The SMILES string of the molecule is CCOc1cc(OCC)c([N+](=O)[O-])cc1/C=N/NC(=O)c1cccc([N+](=O)[O-])c1. The molecule has 0 saturated heterocycles. The fourth-order valence-electron chi connectivity index (χ4n) is 2.35. The Kier molecular flexibility index (Phi) is 7.18. The number of hydrogen-bond acceptors (Lipinski definition) is 8. The summed E-state index contributed by atoms with van der Waals surface area (Å²) in [6.07, 6.45) is 1.18. The van der Waals surface area contributed by atoms with Crippen LogP contribution in [0.3, 0.4) is 0 Å². The van der Waals surface area contributed by atoms with Crippen LogP contribution in [0.4, 0.5) is 11.4 Å². The van der Waals surface area contributed by atoms with Crippen LogP contribution >= 0.6 is 0 Å². The lowest BCUT2D eigenvalue weighted by atomic mass is 10.1. The van der Waals surface area contributed by atoms with Crippen molar-refractivity contribution >= 4 is 23.5 Å². The summed E-state index contributed by atoms with van der Waals surface area (Å²) in [5, 5.41) is 25.9. The molecular weight excluding hydrogens is 384 g/mol. The predicted octanol–water partition coefficient (Wildman–Crippen LogP) is 3.06. The summed E-state index contributed by atoms with van der Waals surface area (Å²) >= 11 is 0. The van der Waals surface area contributed by atoms with E-state index in [2.05, 4.69) is 10.5 Å². The van der Waals surface area contributed by atoms with E-state index in [-0.39, 0.29) is 40.6 Å². The molecule has 0 saturated carbocycles. The van der Waals surface area contributed by atoms with Crippen molar-refractivity contribution < 1.29 is 24.1 Å². The standard InChI is InChI=1S/C18H18N4O7/c1-3-28-16-10-17(29-4-2)15(22(26)27)9-13(16)11-19-20-18(23)12-6-5-7-14(8-12)21(24)25/h5-11H,3-4H2,1-2H3,(H,20,23)/b19-11+. The van der Waals surface area contributed by atoms with E-state index in [1.807, 2.05) is 0 Å². The van der Waals surface area contributed by atoms with Crippen LogP contribution in [0.5, 0.6) is 11.5 Å². The summed E-state index contributed by atoms with van der Waals surface area (Å²) in [6.45, 7) is 3.97. The molecule has 0 aromatic heterocycles. The van der Waals surface area contributed by atoms with E-state index in [1.165, 1.54) is 36.5 Å². The minimum absolute atomic E-state index is 0.0408. The molecule has 0 radical (unpaired) electrons. The average molecular weight is 402 g/mol. The number of hydrazone groups is 1. The highest BCUT2D eigenvalue weighted by Crippen LogP contribution is 2.34. The maximum Gasteiger partial charge on any atom is 0.311 e. The molecule has 2 rings (SSSR count). The third-order valence-electron chi connectivity index (χ3n) is 3.58. The van der Waals surface area contributed by atoms with Gasteiger partial charge in [0.15, 0.2) is 0 Å². The molecule has 0 spiro atoms. The Morgan fingerprint density at radius 3 is 2.38 bits per heavy atom. The Labute approximate surface area is 165 Å².